The maximum absolute atomic E-state index is 11.4. The van der Waals surface area contributed by atoms with Crippen molar-refractivity contribution < 1.29 is 14.6 Å². The van der Waals surface area contributed by atoms with Gasteiger partial charge in [0.2, 0.25) is 0 Å². The molecule has 0 atom stereocenters. The van der Waals surface area contributed by atoms with E-state index in [1.165, 1.54) is 11.3 Å². The number of hydrogen-bond acceptors (Lipinski definition) is 4. The second-order valence-corrected chi connectivity index (χ2v) is 7.54. The maximum Gasteiger partial charge on any atom is 0.347 e. The molecule has 0 unspecified atom stereocenters. The van der Waals surface area contributed by atoms with Gasteiger partial charge in [-0.15, -0.1) is 11.3 Å². The van der Waals surface area contributed by atoms with E-state index in [1.807, 2.05) is 13.8 Å². The van der Waals surface area contributed by atoms with Crippen LogP contribution in [-0.4, -0.2) is 22.7 Å². The largest absolute Gasteiger partial charge is 0.477 e. The number of aromatic carboxylic acids is 1. The van der Waals surface area contributed by atoms with Gasteiger partial charge in [-0.1, -0.05) is 20.8 Å². The summed E-state index contributed by atoms with van der Waals surface area (Å²) in [5.74, 6) is -0.876. The van der Waals surface area contributed by atoms with Crippen molar-refractivity contribution in [2.75, 3.05) is 6.61 Å². The third-order valence-electron chi connectivity index (χ3n) is 4.45. The van der Waals surface area contributed by atoms with E-state index >= 15 is 0 Å². The minimum Gasteiger partial charge on any atom is -0.477 e. The number of rotatable bonds is 5. The van der Waals surface area contributed by atoms with E-state index in [1.54, 1.807) is 0 Å². The summed E-state index contributed by atoms with van der Waals surface area (Å²) in [7, 11) is 0. The van der Waals surface area contributed by atoms with Gasteiger partial charge in [-0.05, 0) is 44.4 Å². The first kappa shape index (κ1) is 16.4. The highest BCUT2D eigenvalue weighted by Crippen LogP contribution is 2.48. The van der Waals surface area contributed by atoms with E-state index in [2.05, 4.69) is 18.8 Å². The minimum absolute atomic E-state index is 0.334. The number of aryl methyl sites for hydroxylation is 1. The molecule has 1 fully saturated rings. The molecule has 1 aliphatic carbocycles. The van der Waals surface area contributed by atoms with E-state index in [4.69, 9.17) is 4.74 Å². The molecular weight excluding hydrogens is 286 g/mol. The van der Waals surface area contributed by atoms with Crippen molar-refractivity contribution in [3.63, 3.8) is 0 Å². The van der Waals surface area contributed by atoms with Crippen molar-refractivity contribution in [3.8, 4) is 0 Å². The van der Waals surface area contributed by atoms with Crippen molar-refractivity contribution in [2.24, 2.45) is 5.41 Å². The van der Waals surface area contributed by atoms with Crippen LogP contribution in [0.2, 0.25) is 0 Å². The number of nitrogens with zero attached hydrogens (tertiary/aromatic N) is 1. The van der Waals surface area contributed by atoms with Gasteiger partial charge < -0.3 is 9.84 Å². The van der Waals surface area contributed by atoms with Crippen molar-refractivity contribution in [1.82, 2.24) is 4.98 Å². The first-order chi connectivity index (χ1) is 9.83. The third-order valence-corrected chi connectivity index (χ3v) is 5.72. The lowest BCUT2D eigenvalue weighted by atomic mass is 9.71. The number of carbonyl (C=O) groups is 1. The van der Waals surface area contributed by atoms with Crippen LogP contribution in [0.5, 0.6) is 0 Å². The van der Waals surface area contributed by atoms with Crippen LogP contribution in [0.4, 0.5) is 0 Å². The Bertz CT molecular complexity index is 512. The molecule has 1 saturated carbocycles. The van der Waals surface area contributed by atoms with Crippen LogP contribution in [0.25, 0.3) is 0 Å². The Morgan fingerprint density at radius 3 is 2.33 bits per heavy atom. The number of carboxylic acids is 1. The summed E-state index contributed by atoms with van der Waals surface area (Å²) in [5.41, 5.74) is 0.639. The molecule has 0 radical (unpaired) electrons. The topological polar surface area (TPSA) is 59.4 Å². The molecule has 0 spiro atoms. The highest BCUT2D eigenvalue weighted by atomic mass is 32.1. The van der Waals surface area contributed by atoms with Gasteiger partial charge in [-0.25, -0.2) is 9.78 Å². The average Bonchev–Trinajstić information content (AvgIpc) is 2.86. The molecule has 0 bridgehead atoms. The predicted molar refractivity (Wildman–Crippen MR) is 84.0 cm³/mol. The fourth-order valence-corrected chi connectivity index (χ4v) is 4.17. The van der Waals surface area contributed by atoms with E-state index in [-0.39, 0.29) is 5.60 Å². The molecule has 1 aliphatic rings. The summed E-state index contributed by atoms with van der Waals surface area (Å²) in [4.78, 5) is 16.4. The van der Waals surface area contributed by atoms with E-state index in [0.29, 0.717) is 29.0 Å². The van der Waals surface area contributed by atoms with E-state index < -0.39 is 5.97 Å². The summed E-state index contributed by atoms with van der Waals surface area (Å²) in [6.07, 6.45) is 4.64. The number of thiazole rings is 1. The summed E-state index contributed by atoms with van der Waals surface area (Å²) in [5, 5.41) is 10.2. The number of ether oxygens (including phenoxy) is 1. The van der Waals surface area contributed by atoms with Crippen molar-refractivity contribution in [2.45, 2.75) is 65.4 Å². The van der Waals surface area contributed by atoms with Gasteiger partial charge >= 0.3 is 5.97 Å². The van der Waals surface area contributed by atoms with Gasteiger partial charge in [0.15, 0.2) is 0 Å². The Labute approximate surface area is 130 Å². The van der Waals surface area contributed by atoms with Crippen molar-refractivity contribution in [1.29, 1.82) is 0 Å². The Kier molecular flexibility index (Phi) is 4.73. The zero-order valence-electron chi connectivity index (χ0n) is 13.4. The van der Waals surface area contributed by atoms with Crippen molar-refractivity contribution >= 4 is 17.3 Å². The Morgan fingerprint density at radius 1 is 1.29 bits per heavy atom. The van der Waals surface area contributed by atoms with Crippen LogP contribution in [0.1, 0.15) is 73.8 Å². The predicted octanol–water partition coefficient (Wildman–Crippen LogP) is 4.24. The minimum atomic E-state index is -0.876. The summed E-state index contributed by atoms with van der Waals surface area (Å²) in [6, 6.07) is 0. The molecule has 5 heteroatoms. The lowest BCUT2D eigenvalue weighted by Gasteiger charge is -2.42. The standard InChI is InChI=1S/C16H25NO3S/c1-5-11-12(13(18)19)21-14(17-11)16(20-6-2)9-7-15(3,4)8-10-16/h5-10H2,1-4H3,(H,18,19). The molecule has 1 aromatic rings. The van der Waals surface area contributed by atoms with Crippen LogP contribution in [0.15, 0.2) is 0 Å². The smallest absolute Gasteiger partial charge is 0.347 e. The van der Waals surface area contributed by atoms with Crippen LogP contribution in [0, 0.1) is 5.41 Å². The van der Waals surface area contributed by atoms with Gasteiger partial charge in [-0.3, -0.25) is 0 Å². The van der Waals surface area contributed by atoms with Crippen LogP contribution < -0.4 is 0 Å². The fourth-order valence-electron chi connectivity index (χ4n) is 2.98. The van der Waals surface area contributed by atoms with Gasteiger partial charge in [0.1, 0.15) is 15.5 Å². The molecule has 0 saturated heterocycles. The monoisotopic (exact) mass is 311 g/mol. The first-order valence-corrected chi connectivity index (χ1v) is 8.52. The van der Waals surface area contributed by atoms with Gasteiger partial charge in [0.05, 0.1) is 5.69 Å². The molecular formula is C16H25NO3S. The fraction of sp³-hybridized carbons (Fsp3) is 0.750. The summed E-state index contributed by atoms with van der Waals surface area (Å²) in [6.45, 7) is 9.14. The Balaban J connectivity index is 2.37. The summed E-state index contributed by atoms with van der Waals surface area (Å²) < 4.78 is 6.10. The lowest BCUT2D eigenvalue weighted by Crippen LogP contribution is -2.37. The highest BCUT2D eigenvalue weighted by molar-refractivity contribution is 7.13. The van der Waals surface area contributed by atoms with Crippen molar-refractivity contribution in [3.05, 3.63) is 15.6 Å². The van der Waals surface area contributed by atoms with Gasteiger partial charge in [0, 0.05) is 6.61 Å². The SMILES string of the molecule is CCOC1(c2nc(CC)c(C(=O)O)s2)CCC(C)(C)CC1. The molecule has 0 aromatic carbocycles. The first-order valence-electron chi connectivity index (χ1n) is 7.71. The van der Waals surface area contributed by atoms with Crippen LogP contribution in [0.3, 0.4) is 0 Å². The van der Waals surface area contributed by atoms with Crippen LogP contribution >= 0.6 is 11.3 Å². The third kappa shape index (κ3) is 3.29. The normalized spacial score (nSPS) is 20.4. The molecule has 0 amide bonds. The number of hydrogen-bond donors (Lipinski definition) is 1. The number of aromatic nitrogens is 1. The van der Waals surface area contributed by atoms with Crippen LogP contribution in [-0.2, 0) is 16.8 Å². The zero-order valence-corrected chi connectivity index (χ0v) is 14.2. The molecule has 2 rings (SSSR count). The molecule has 0 aliphatic heterocycles. The maximum atomic E-state index is 11.4. The second-order valence-electron chi connectivity index (χ2n) is 6.55. The molecule has 1 N–H and O–H groups in total. The Hall–Kier alpha value is -0.940. The molecule has 118 valence electrons. The molecule has 21 heavy (non-hydrogen) atoms. The van der Waals surface area contributed by atoms with E-state index in [9.17, 15) is 9.90 Å². The molecule has 4 nitrogen and oxygen atoms in total. The average molecular weight is 311 g/mol. The molecule has 1 heterocycles. The second kappa shape index (κ2) is 6.05. The van der Waals surface area contributed by atoms with E-state index in [0.717, 1.165) is 30.7 Å². The lowest BCUT2D eigenvalue weighted by molar-refractivity contribution is -0.0891. The summed E-state index contributed by atoms with van der Waals surface area (Å²) >= 11 is 1.30. The quantitative estimate of drug-likeness (QED) is 0.883. The number of carboxylic acid groups (broad SMARTS) is 1. The van der Waals surface area contributed by atoms with Gasteiger partial charge in [0.25, 0.3) is 0 Å². The zero-order chi connectivity index (χ0) is 15.7. The molecule has 1 aromatic heterocycles. The Morgan fingerprint density at radius 2 is 1.90 bits per heavy atom. The highest BCUT2D eigenvalue weighted by Gasteiger charge is 2.43. The van der Waals surface area contributed by atoms with Gasteiger partial charge in [-0.2, -0.15) is 0 Å².